The molecule has 40 heavy (non-hydrogen) atoms. The van der Waals surface area contributed by atoms with Gasteiger partial charge in [0.25, 0.3) is 0 Å². The molecule has 1 atom stereocenters. The van der Waals surface area contributed by atoms with Crippen molar-refractivity contribution < 1.29 is 46.1 Å². The van der Waals surface area contributed by atoms with E-state index < -0.39 is 21.3 Å². The van der Waals surface area contributed by atoms with Gasteiger partial charge in [0, 0.05) is 0 Å². The predicted octanol–water partition coefficient (Wildman–Crippen LogP) is 4.09. The molecule has 5 rings (SSSR count). The Morgan fingerprint density at radius 2 is 1.18 bits per heavy atom. The van der Waals surface area contributed by atoms with Crippen molar-refractivity contribution in [2.45, 2.75) is 83.7 Å². The van der Waals surface area contributed by atoms with Gasteiger partial charge in [-0.1, -0.05) is 0 Å². The third-order valence-corrected chi connectivity index (χ3v) is 18.0. The molecule has 0 bridgehead atoms. The van der Waals surface area contributed by atoms with Gasteiger partial charge in [0.05, 0.1) is 0 Å². The molecule has 210 valence electrons. The van der Waals surface area contributed by atoms with E-state index in [0.717, 1.165) is 0 Å². The summed E-state index contributed by atoms with van der Waals surface area (Å²) in [5, 5.41) is 0. The largest absolute Gasteiger partial charge is 1.00 e. The number of benzene rings is 3. The summed E-state index contributed by atoms with van der Waals surface area (Å²) < 4.78 is 3.94. The first-order valence-electron chi connectivity index (χ1n) is 14.2. The van der Waals surface area contributed by atoms with Crippen LogP contribution in [0, 0.1) is 5.92 Å². The van der Waals surface area contributed by atoms with E-state index in [1.807, 2.05) is 0 Å². The summed E-state index contributed by atoms with van der Waals surface area (Å²) in [5.74, 6) is 0.521. The predicted molar refractivity (Wildman–Crippen MR) is 163 cm³/mol. The molecule has 0 fully saturated rings. The molecule has 0 radical (unpaired) electrons. The van der Waals surface area contributed by atoms with E-state index in [1.54, 1.807) is 23.2 Å². The summed E-state index contributed by atoms with van der Waals surface area (Å²) in [5.41, 5.74) is 13.7. The van der Waals surface area contributed by atoms with Crippen molar-refractivity contribution in [3.63, 3.8) is 0 Å². The van der Waals surface area contributed by atoms with E-state index in [2.05, 4.69) is 142 Å². The van der Waals surface area contributed by atoms with Crippen molar-refractivity contribution in [3.05, 3.63) is 115 Å². The minimum Gasteiger partial charge on any atom is -1.00 e. The zero-order valence-electron chi connectivity index (χ0n) is 25.8. The second-order valence-corrected chi connectivity index (χ2v) is 20.2. The Labute approximate surface area is 263 Å². The average molecular weight is 651 g/mol. The number of hydrogen-bond acceptors (Lipinski definition) is 0. The summed E-state index contributed by atoms with van der Waals surface area (Å²) in [6.45, 7) is 23.7. The normalized spacial score (nSPS) is 17.0. The number of halogens is 2. The Morgan fingerprint density at radius 3 is 1.57 bits per heavy atom. The van der Waals surface area contributed by atoms with Crippen molar-refractivity contribution in [1.82, 2.24) is 0 Å². The van der Waals surface area contributed by atoms with Crippen molar-refractivity contribution >= 4 is 3.21 Å². The molecule has 0 aliphatic heterocycles. The molecule has 3 aromatic carbocycles. The molecule has 2 aliphatic rings. The average Bonchev–Trinajstić information content (AvgIpc) is 3.31. The van der Waals surface area contributed by atoms with Crippen molar-refractivity contribution in [1.29, 1.82) is 0 Å². The fourth-order valence-electron chi connectivity index (χ4n) is 6.51. The van der Waals surface area contributed by atoms with Crippen molar-refractivity contribution in [2.75, 3.05) is 0 Å². The topological polar surface area (TPSA) is 0 Å². The Balaban J connectivity index is 0.00000220. The maximum Gasteiger partial charge on any atom is -1.00 e. The molecule has 3 heteroatoms. The molecule has 0 spiro atoms. The van der Waals surface area contributed by atoms with Gasteiger partial charge in [-0.15, -0.1) is 0 Å². The van der Waals surface area contributed by atoms with Gasteiger partial charge in [0.2, 0.25) is 0 Å². The summed E-state index contributed by atoms with van der Waals surface area (Å²) in [6, 6.07) is 26.1. The summed E-state index contributed by atoms with van der Waals surface area (Å²) >= 11 is -2.52. The Hall–Kier alpha value is -1.53. The van der Waals surface area contributed by atoms with E-state index in [1.165, 1.54) is 33.4 Å². The Morgan fingerprint density at radius 1 is 0.700 bits per heavy atom. The van der Waals surface area contributed by atoms with Gasteiger partial charge >= 0.3 is 240 Å². The third kappa shape index (κ3) is 5.86. The van der Waals surface area contributed by atoms with Crippen LogP contribution >= 0.6 is 0 Å². The monoisotopic (exact) mass is 648 g/mol. The van der Waals surface area contributed by atoms with Crippen LogP contribution in [-0.4, -0.2) is 3.21 Å². The summed E-state index contributed by atoms with van der Waals surface area (Å²) in [6.07, 6.45) is 2.53. The molecule has 0 N–H and O–H groups in total. The van der Waals surface area contributed by atoms with Crippen LogP contribution in [0.5, 0.6) is 0 Å². The molecule has 3 aromatic rings. The fraction of sp³-hybridized carbons (Fsp3) is 0.378. The number of fused-ring (bicyclic) bond motifs is 3. The molecule has 0 saturated carbocycles. The second-order valence-electron chi connectivity index (χ2n) is 13.6. The first kappa shape index (κ1) is 33.0. The number of allylic oxidation sites excluding steroid dienone is 4. The molecule has 1 unspecified atom stereocenters. The van der Waals surface area contributed by atoms with Gasteiger partial charge in [-0.05, 0) is 0 Å². The van der Waals surface area contributed by atoms with Crippen LogP contribution in [0.3, 0.4) is 0 Å². The standard InChI is InChI=1S/C21H25.C8H11.C8H8.2ClH.Zr/c1-20(2,3)16-7-9-18-14(12-16)11-15-13-17(21(4,5)6)8-10-19(15)18;1-6-4-7(2)8(3)5-6;1-2-8-6-4-3-5-7-8;;;/h7-13H,1-6H3;4,6H,1-3H3;3-7H,1H3;2*1H;/q;;;;;+2/p-2. The van der Waals surface area contributed by atoms with Crippen LogP contribution in [0.1, 0.15) is 101 Å². The zero-order valence-corrected chi connectivity index (χ0v) is 29.8. The van der Waals surface area contributed by atoms with Crippen LogP contribution in [0.25, 0.3) is 11.1 Å². The molecule has 0 saturated heterocycles. The van der Waals surface area contributed by atoms with Gasteiger partial charge in [-0.3, -0.25) is 0 Å². The third-order valence-electron chi connectivity index (χ3n) is 8.89. The van der Waals surface area contributed by atoms with E-state index in [4.69, 9.17) is 0 Å². The Bertz CT molecular complexity index is 1440. The number of hydrogen-bond donors (Lipinski definition) is 0. The Kier molecular flexibility index (Phi) is 9.89. The molecular weight excluding hydrogens is 607 g/mol. The minimum absolute atomic E-state index is 0. The summed E-state index contributed by atoms with van der Waals surface area (Å²) in [7, 11) is 0. The summed E-state index contributed by atoms with van der Waals surface area (Å²) in [4.78, 5) is 0. The maximum atomic E-state index is 2.59. The molecular formula is C37H44Cl2Zr. The van der Waals surface area contributed by atoms with Gasteiger partial charge in [0.1, 0.15) is 0 Å². The van der Waals surface area contributed by atoms with Crippen LogP contribution < -0.4 is 24.8 Å². The molecule has 0 nitrogen and oxygen atoms in total. The van der Waals surface area contributed by atoms with E-state index >= 15 is 0 Å². The SMILES string of the molecule is CC1=CC(C)[C](/[Zr+2](=[C](/C)c2ccccc2)[CH]2c3cc(C(C)(C)C)ccc3-c3ccc(C(C)(C)C)cc32)=C1C.[Cl-].[Cl-]. The first-order valence-corrected chi connectivity index (χ1v) is 18.1. The fourth-order valence-corrected chi connectivity index (χ4v) is 16.1. The molecule has 0 heterocycles. The molecule has 0 aromatic heterocycles. The molecule has 2 aliphatic carbocycles. The van der Waals surface area contributed by atoms with E-state index in [9.17, 15) is 0 Å². The smallest absolute Gasteiger partial charge is 1.00 e. The van der Waals surface area contributed by atoms with E-state index in [-0.39, 0.29) is 35.6 Å². The number of rotatable bonds is 3. The zero-order chi connectivity index (χ0) is 27.6. The van der Waals surface area contributed by atoms with Crippen LogP contribution in [0.4, 0.5) is 0 Å². The van der Waals surface area contributed by atoms with Crippen LogP contribution in [0.2, 0.25) is 0 Å². The van der Waals surface area contributed by atoms with Gasteiger partial charge < -0.3 is 24.8 Å². The minimum atomic E-state index is -2.52. The second kappa shape index (κ2) is 12.0. The molecule has 0 amide bonds. The quantitative estimate of drug-likeness (QED) is 0.401. The van der Waals surface area contributed by atoms with Crippen molar-refractivity contribution in [2.24, 2.45) is 5.92 Å². The van der Waals surface area contributed by atoms with Gasteiger partial charge in [-0.2, -0.15) is 0 Å². The van der Waals surface area contributed by atoms with Crippen LogP contribution in [0.15, 0.2) is 87.2 Å². The van der Waals surface area contributed by atoms with E-state index in [0.29, 0.717) is 9.54 Å². The maximum absolute atomic E-state index is 2.59. The van der Waals surface area contributed by atoms with Gasteiger partial charge in [0.15, 0.2) is 0 Å². The van der Waals surface area contributed by atoms with Gasteiger partial charge in [-0.25, -0.2) is 0 Å². The van der Waals surface area contributed by atoms with Crippen molar-refractivity contribution in [3.8, 4) is 11.1 Å². The van der Waals surface area contributed by atoms with Crippen LogP contribution in [-0.2, 0) is 32.1 Å². The first-order chi connectivity index (χ1) is 17.8.